The van der Waals surface area contributed by atoms with Crippen LogP contribution in [0.4, 0.5) is 4.39 Å². The molecule has 1 rings (SSSR count). The molecule has 6 nitrogen and oxygen atoms in total. The SMILES string of the molecule is CN=C(C)C(C(=O)O)=C(O)C(OC(C)=O)c1ccc(F)cc1. The number of hydrogen-bond donors (Lipinski definition) is 2. The van der Waals surface area contributed by atoms with Gasteiger partial charge in [0.2, 0.25) is 0 Å². The van der Waals surface area contributed by atoms with E-state index >= 15 is 0 Å². The van der Waals surface area contributed by atoms with Crippen molar-refractivity contribution in [2.75, 3.05) is 7.05 Å². The molecule has 0 saturated heterocycles. The number of aliphatic hydroxyl groups is 1. The van der Waals surface area contributed by atoms with E-state index in [9.17, 15) is 24.2 Å². The predicted octanol–water partition coefficient (Wildman–Crippen LogP) is 2.42. The van der Waals surface area contributed by atoms with Gasteiger partial charge in [0.1, 0.15) is 11.4 Å². The van der Waals surface area contributed by atoms with E-state index in [0.29, 0.717) is 0 Å². The van der Waals surface area contributed by atoms with E-state index in [1.165, 1.54) is 26.1 Å². The van der Waals surface area contributed by atoms with Crippen molar-refractivity contribution in [1.29, 1.82) is 0 Å². The van der Waals surface area contributed by atoms with Gasteiger partial charge >= 0.3 is 11.9 Å². The van der Waals surface area contributed by atoms with Crippen LogP contribution in [0.2, 0.25) is 0 Å². The van der Waals surface area contributed by atoms with Crippen LogP contribution in [0.15, 0.2) is 40.6 Å². The first-order chi connectivity index (χ1) is 10.3. The van der Waals surface area contributed by atoms with Gasteiger partial charge in [-0.2, -0.15) is 0 Å². The number of ether oxygens (including phenoxy) is 1. The summed E-state index contributed by atoms with van der Waals surface area (Å²) in [5.74, 6) is -3.34. The number of aliphatic imine (C=N–C) groups is 1. The summed E-state index contributed by atoms with van der Waals surface area (Å²) in [6, 6.07) is 4.80. The lowest BCUT2D eigenvalue weighted by atomic mass is 10.0. The van der Waals surface area contributed by atoms with Crippen LogP contribution in [-0.2, 0) is 14.3 Å². The molecule has 0 heterocycles. The van der Waals surface area contributed by atoms with E-state index in [2.05, 4.69) is 4.99 Å². The Morgan fingerprint density at radius 1 is 1.18 bits per heavy atom. The van der Waals surface area contributed by atoms with Gasteiger partial charge in [-0.25, -0.2) is 9.18 Å². The zero-order valence-electron chi connectivity index (χ0n) is 12.3. The number of carbonyl (C=O) groups is 2. The van der Waals surface area contributed by atoms with Crippen LogP contribution in [0.25, 0.3) is 0 Å². The van der Waals surface area contributed by atoms with Crippen LogP contribution < -0.4 is 0 Å². The normalized spacial score (nSPS) is 14.1. The van der Waals surface area contributed by atoms with Crippen molar-refractivity contribution in [3.8, 4) is 0 Å². The second-order valence-electron chi connectivity index (χ2n) is 4.42. The van der Waals surface area contributed by atoms with Crippen molar-refractivity contribution < 1.29 is 28.9 Å². The Kier molecular flexibility index (Phi) is 5.80. The van der Waals surface area contributed by atoms with Gasteiger partial charge in [-0.15, -0.1) is 0 Å². The van der Waals surface area contributed by atoms with Crippen molar-refractivity contribution in [2.24, 2.45) is 4.99 Å². The Balaban J connectivity index is 3.45. The third-order valence-corrected chi connectivity index (χ3v) is 2.87. The summed E-state index contributed by atoms with van der Waals surface area (Å²) in [4.78, 5) is 26.3. The number of aliphatic hydroxyl groups excluding tert-OH is 1. The summed E-state index contributed by atoms with van der Waals surface area (Å²) in [6.45, 7) is 2.51. The van der Waals surface area contributed by atoms with Crippen molar-refractivity contribution in [3.63, 3.8) is 0 Å². The molecule has 1 unspecified atom stereocenters. The van der Waals surface area contributed by atoms with Gasteiger partial charge in [0.25, 0.3) is 0 Å². The molecule has 2 N–H and O–H groups in total. The first-order valence-electron chi connectivity index (χ1n) is 6.30. The third-order valence-electron chi connectivity index (χ3n) is 2.87. The fourth-order valence-corrected chi connectivity index (χ4v) is 1.78. The lowest BCUT2D eigenvalue weighted by Crippen LogP contribution is -2.19. The Morgan fingerprint density at radius 2 is 1.73 bits per heavy atom. The number of hydrogen-bond acceptors (Lipinski definition) is 5. The van der Waals surface area contributed by atoms with Gasteiger partial charge in [0, 0.05) is 25.2 Å². The molecule has 0 saturated carbocycles. The van der Waals surface area contributed by atoms with E-state index in [4.69, 9.17) is 4.74 Å². The molecular formula is C15H16FNO5. The zero-order chi connectivity index (χ0) is 16.9. The fourth-order valence-electron chi connectivity index (χ4n) is 1.78. The molecule has 22 heavy (non-hydrogen) atoms. The molecule has 118 valence electrons. The number of carboxylic acid groups (broad SMARTS) is 1. The lowest BCUT2D eigenvalue weighted by Gasteiger charge is -2.19. The Morgan fingerprint density at radius 3 is 2.14 bits per heavy atom. The van der Waals surface area contributed by atoms with Gasteiger partial charge in [-0.3, -0.25) is 9.79 Å². The van der Waals surface area contributed by atoms with Crippen LogP contribution in [-0.4, -0.2) is 34.9 Å². The minimum atomic E-state index is -1.42. The topological polar surface area (TPSA) is 96.2 Å². The largest absolute Gasteiger partial charge is 0.507 e. The molecule has 7 heteroatoms. The summed E-state index contributed by atoms with van der Waals surface area (Å²) >= 11 is 0. The quantitative estimate of drug-likeness (QED) is 0.377. The highest BCUT2D eigenvalue weighted by molar-refractivity contribution is 6.18. The standard InChI is InChI=1S/C15H16FNO5/c1-8(17-3)12(15(20)21)13(19)14(22-9(2)18)10-4-6-11(16)7-5-10/h4-7,14,19H,1-3H3,(H,20,21). The van der Waals surface area contributed by atoms with Gasteiger partial charge in [0.05, 0.1) is 0 Å². The Hall–Kier alpha value is -2.70. The van der Waals surface area contributed by atoms with Gasteiger partial charge < -0.3 is 14.9 Å². The molecule has 1 aromatic rings. The minimum Gasteiger partial charge on any atom is -0.507 e. The highest BCUT2D eigenvalue weighted by atomic mass is 19.1. The van der Waals surface area contributed by atoms with Crippen molar-refractivity contribution in [3.05, 3.63) is 47.0 Å². The van der Waals surface area contributed by atoms with Crippen LogP contribution >= 0.6 is 0 Å². The smallest absolute Gasteiger partial charge is 0.341 e. The average Bonchev–Trinajstić information content (AvgIpc) is 2.45. The second kappa shape index (κ2) is 7.35. The maximum absolute atomic E-state index is 13.0. The maximum Gasteiger partial charge on any atom is 0.341 e. The lowest BCUT2D eigenvalue weighted by molar-refractivity contribution is -0.146. The summed E-state index contributed by atoms with van der Waals surface area (Å²) in [7, 11) is 1.37. The summed E-state index contributed by atoms with van der Waals surface area (Å²) < 4.78 is 18.0. The van der Waals surface area contributed by atoms with Crippen LogP contribution in [0.5, 0.6) is 0 Å². The molecule has 0 spiro atoms. The number of aliphatic carboxylic acids is 1. The van der Waals surface area contributed by atoms with E-state index in [1.54, 1.807) is 0 Å². The number of rotatable bonds is 5. The molecule has 0 fully saturated rings. The number of nitrogens with zero attached hydrogens (tertiary/aromatic N) is 1. The maximum atomic E-state index is 13.0. The third kappa shape index (κ3) is 4.15. The molecule has 0 aliphatic heterocycles. The second-order valence-corrected chi connectivity index (χ2v) is 4.42. The highest BCUT2D eigenvalue weighted by Gasteiger charge is 2.27. The monoisotopic (exact) mass is 309 g/mol. The molecule has 0 amide bonds. The zero-order valence-corrected chi connectivity index (χ0v) is 12.3. The van der Waals surface area contributed by atoms with Crippen LogP contribution in [0.1, 0.15) is 25.5 Å². The summed E-state index contributed by atoms with van der Waals surface area (Å²) in [5.41, 5.74) is -0.181. The number of carbonyl (C=O) groups excluding carboxylic acids is 1. The van der Waals surface area contributed by atoms with Gasteiger partial charge in [0.15, 0.2) is 11.9 Å². The van der Waals surface area contributed by atoms with Gasteiger partial charge in [-0.05, 0) is 19.1 Å². The van der Waals surface area contributed by atoms with Crippen molar-refractivity contribution in [1.82, 2.24) is 0 Å². The molecule has 0 aliphatic carbocycles. The first-order valence-corrected chi connectivity index (χ1v) is 6.30. The first kappa shape index (κ1) is 17.4. The highest BCUT2D eigenvalue weighted by Crippen LogP contribution is 2.27. The number of halogens is 1. The Bertz CT molecular complexity index is 634. The number of carboxylic acids is 1. The summed E-state index contributed by atoms with van der Waals surface area (Å²) in [5, 5.41) is 19.5. The van der Waals surface area contributed by atoms with E-state index in [0.717, 1.165) is 19.1 Å². The van der Waals surface area contributed by atoms with E-state index in [-0.39, 0.29) is 11.3 Å². The van der Waals surface area contributed by atoms with Crippen LogP contribution in [0.3, 0.4) is 0 Å². The van der Waals surface area contributed by atoms with E-state index in [1.807, 2.05) is 0 Å². The van der Waals surface area contributed by atoms with Crippen LogP contribution in [0, 0.1) is 5.82 Å². The Labute approximate surface area is 126 Å². The molecular weight excluding hydrogens is 293 g/mol. The van der Waals surface area contributed by atoms with Gasteiger partial charge in [-0.1, -0.05) is 12.1 Å². The molecule has 0 aliphatic rings. The van der Waals surface area contributed by atoms with Crippen molar-refractivity contribution >= 4 is 17.7 Å². The average molecular weight is 309 g/mol. The molecule has 0 radical (unpaired) electrons. The molecule has 1 aromatic carbocycles. The van der Waals surface area contributed by atoms with Crippen molar-refractivity contribution in [2.45, 2.75) is 20.0 Å². The molecule has 0 aromatic heterocycles. The van der Waals surface area contributed by atoms with E-state index < -0.39 is 35.2 Å². The fraction of sp³-hybridized carbons (Fsp3) is 0.267. The molecule has 1 atom stereocenters. The summed E-state index contributed by atoms with van der Waals surface area (Å²) in [6.07, 6.45) is -1.36. The molecule has 0 bridgehead atoms. The number of benzene rings is 1. The predicted molar refractivity (Wildman–Crippen MR) is 77.2 cm³/mol. The minimum absolute atomic E-state index is 0.0595. The number of esters is 1.